The van der Waals surface area contributed by atoms with Crippen molar-refractivity contribution in [1.82, 2.24) is 9.62 Å². The lowest BCUT2D eigenvalue weighted by molar-refractivity contribution is -0.895. The standard InChI is InChI=1S/C14H17F4N3O3S/c15-11-3-1-2-4-12(11)25(23,24)21-7-5-20(6-8-21)9-13(22)19-10-14(16,17)18/h1-4H,5-10H2,(H,19,22)/p+1. The summed E-state index contributed by atoms with van der Waals surface area (Å²) in [6, 6.07) is 5.03. The van der Waals surface area contributed by atoms with E-state index in [1.807, 2.05) is 0 Å². The van der Waals surface area contributed by atoms with Crippen LogP contribution in [0.5, 0.6) is 0 Å². The van der Waals surface area contributed by atoms with Gasteiger partial charge < -0.3 is 10.2 Å². The molecule has 140 valence electrons. The van der Waals surface area contributed by atoms with Gasteiger partial charge in [0.1, 0.15) is 17.3 Å². The number of quaternary nitrogens is 1. The number of amides is 1. The molecule has 1 aliphatic rings. The number of nitrogens with one attached hydrogen (secondary N) is 2. The maximum atomic E-state index is 13.7. The molecule has 1 aliphatic heterocycles. The van der Waals surface area contributed by atoms with Crippen molar-refractivity contribution in [2.24, 2.45) is 0 Å². The van der Waals surface area contributed by atoms with Crippen molar-refractivity contribution in [3.8, 4) is 0 Å². The first-order chi connectivity index (χ1) is 11.6. The van der Waals surface area contributed by atoms with Crippen molar-refractivity contribution in [2.45, 2.75) is 11.1 Å². The molecule has 1 heterocycles. The maximum Gasteiger partial charge on any atom is 0.405 e. The van der Waals surface area contributed by atoms with Crippen LogP contribution in [0.25, 0.3) is 0 Å². The molecule has 11 heteroatoms. The summed E-state index contributed by atoms with van der Waals surface area (Å²) < 4.78 is 75.8. The number of hydrogen-bond donors (Lipinski definition) is 2. The van der Waals surface area contributed by atoms with Crippen LogP contribution in [0.15, 0.2) is 29.2 Å². The smallest absolute Gasteiger partial charge is 0.342 e. The molecule has 1 aromatic carbocycles. The van der Waals surface area contributed by atoms with Gasteiger partial charge in [-0.2, -0.15) is 17.5 Å². The van der Waals surface area contributed by atoms with Crippen LogP contribution >= 0.6 is 0 Å². The number of hydrogen-bond acceptors (Lipinski definition) is 3. The van der Waals surface area contributed by atoms with Crippen LogP contribution in [0.2, 0.25) is 0 Å². The summed E-state index contributed by atoms with van der Waals surface area (Å²) in [4.78, 5) is 11.7. The van der Waals surface area contributed by atoms with Gasteiger partial charge in [-0.15, -0.1) is 0 Å². The van der Waals surface area contributed by atoms with Gasteiger partial charge in [0.05, 0.1) is 26.2 Å². The molecule has 25 heavy (non-hydrogen) atoms. The van der Waals surface area contributed by atoms with Crippen molar-refractivity contribution in [3.63, 3.8) is 0 Å². The second-order valence-corrected chi connectivity index (χ2v) is 7.56. The van der Waals surface area contributed by atoms with Crippen LogP contribution in [0, 0.1) is 5.82 Å². The summed E-state index contributed by atoms with van der Waals surface area (Å²) in [5, 5.41) is 1.78. The Balaban J connectivity index is 1.89. The van der Waals surface area contributed by atoms with Crippen molar-refractivity contribution in [2.75, 3.05) is 39.3 Å². The molecule has 0 unspecified atom stereocenters. The zero-order valence-corrected chi connectivity index (χ0v) is 14.0. The Morgan fingerprint density at radius 3 is 2.36 bits per heavy atom. The predicted molar refractivity (Wildman–Crippen MR) is 79.8 cm³/mol. The number of sulfonamides is 1. The minimum absolute atomic E-state index is 0.0541. The number of carbonyl (C=O) groups is 1. The number of rotatable bonds is 5. The number of carbonyl (C=O) groups excluding carboxylic acids is 1. The summed E-state index contributed by atoms with van der Waals surface area (Å²) in [7, 11) is -3.98. The highest BCUT2D eigenvalue weighted by Crippen LogP contribution is 2.18. The highest BCUT2D eigenvalue weighted by molar-refractivity contribution is 7.89. The summed E-state index contributed by atoms with van der Waals surface area (Å²) in [6.45, 7) is -0.978. The number of piperazine rings is 1. The molecule has 0 saturated carbocycles. The summed E-state index contributed by atoms with van der Waals surface area (Å²) in [5.74, 6) is -1.60. The Morgan fingerprint density at radius 1 is 1.20 bits per heavy atom. The van der Waals surface area contributed by atoms with Gasteiger partial charge in [-0.1, -0.05) is 12.1 Å². The third-order valence-corrected chi connectivity index (χ3v) is 5.71. The van der Waals surface area contributed by atoms with Gasteiger partial charge in [0.15, 0.2) is 6.54 Å². The van der Waals surface area contributed by atoms with E-state index in [0.29, 0.717) is 4.90 Å². The molecule has 0 aromatic heterocycles. The molecule has 0 radical (unpaired) electrons. The number of benzene rings is 1. The highest BCUT2D eigenvalue weighted by atomic mass is 32.2. The van der Waals surface area contributed by atoms with Crippen molar-refractivity contribution in [1.29, 1.82) is 0 Å². The number of alkyl halides is 3. The average molecular weight is 384 g/mol. The van der Waals surface area contributed by atoms with E-state index in [-0.39, 0.29) is 32.7 Å². The van der Waals surface area contributed by atoms with Crippen LogP contribution in [-0.2, 0) is 14.8 Å². The van der Waals surface area contributed by atoms with Crippen molar-refractivity contribution in [3.05, 3.63) is 30.1 Å². The Labute approximate surface area is 142 Å². The van der Waals surface area contributed by atoms with Crippen LogP contribution < -0.4 is 10.2 Å². The van der Waals surface area contributed by atoms with E-state index in [1.54, 1.807) is 5.32 Å². The van der Waals surface area contributed by atoms with Gasteiger partial charge in [0.2, 0.25) is 10.0 Å². The molecular formula is C14H18F4N3O3S+. The van der Waals surface area contributed by atoms with Crippen LogP contribution in [-0.4, -0.2) is 64.1 Å². The van der Waals surface area contributed by atoms with Crippen LogP contribution in [0.1, 0.15) is 0 Å². The molecule has 1 amide bonds. The number of nitrogens with zero attached hydrogens (tertiary/aromatic N) is 1. The van der Waals surface area contributed by atoms with Gasteiger partial charge in [-0.3, -0.25) is 4.79 Å². The fraction of sp³-hybridized carbons (Fsp3) is 0.500. The van der Waals surface area contributed by atoms with Crippen LogP contribution in [0.3, 0.4) is 0 Å². The predicted octanol–water partition coefficient (Wildman–Crippen LogP) is -0.607. The molecule has 0 bridgehead atoms. The molecule has 0 spiro atoms. The molecule has 1 saturated heterocycles. The van der Waals surface area contributed by atoms with Gasteiger partial charge in [0, 0.05) is 0 Å². The van der Waals surface area contributed by atoms with Crippen molar-refractivity contribution >= 4 is 15.9 Å². The molecular weight excluding hydrogens is 366 g/mol. The Morgan fingerprint density at radius 2 is 1.80 bits per heavy atom. The minimum Gasteiger partial charge on any atom is -0.342 e. The summed E-state index contributed by atoms with van der Waals surface area (Å²) in [6.07, 6.45) is -4.47. The molecule has 1 aromatic rings. The topological polar surface area (TPSA) is 70.9 Å². The van der Waals surface area contributed by atoms with E-state index in [1.165, 1.54) is 18.2 Å². The van der Waals surface area contributed by atoms with Gasteiger partial charge in [-0.25, -0.2) is 12.8 Å². The Kier molecular flexibility index (Phi) is 6.01. The largest absolute Gasteiger partial charge is 0.405 e. The van der Waals surface area contributed by atoms with Gasteiger partial charge >= 0.3 is 6.18 Å². The number of halogens is 4. The highest BCUT2D eigenvalue weighted by Gasteiger charge is 2.33. The monoisotopic (exact) mass is 384 g/mol. The van der Waals surface area contributed by atoms with E-state index >= 15 is 0 Å². The van der Waals surface area contributed by atoms with E-state index < -0.39 is 39.4 Å². The fourth-order valence-corrected chi connectivity index (χ4v) is 4.01. The lowest BCUT2D eigenvalue weighted by atomic mass is 10.3. The third kappa shape index (κ3) is 5.38. The zero-order chi connectivity index (χ0) is 18.7. The van der Waals surface area contributed by atoms with E-state index in [4.69, 9.17) is 0 Å². The molecule has 1 fully saturated rings. The molecule has 2 rings (SSSR count). The van der Waals surface area contributed by atoms with Crippen LogP contribution in [0.4, 0.5) is 17.6 Å². The third-order valence-electron chi connectivity index (χ3n) is 3.78. The first-order valence-corrected chi connectivity index (χ1v) is 8.95. The first-order valence-electron chi connectivity index (χ1n) is 7.51. The second-order valence-electron chi connectivity index (χ2n) is 5.65. The maximum absolute atomic E-state index is 13.7. The van der Waals surface area contributed by atoms with Gasteiger partial charge in [0.25, 0.3) is 5.91 Å². The second kappa shape index (κ2) is 7.67. The zero-order valence-electron chi connectivity index (χ0n) is 13.1. The van der Waals surface area contributed by atoms with E-state index in [2.05, 4.69) is 0 Å². The van der Waals surface area contributed by atoms with E-state index in [9.17, 15) is 30.8 Å². The minimum atomic E-state index is -4.47. The summed E-state index contributed by atoms with van der Waals surface area (Å²) >= 11 is 0. The normalized spacial score (nSPS) is 17.4. The molecule has 0 aliphatic carbocycles. The quantitative estimate of drug-likeness (QED) is 0.666. The average Bonchev–Trinajstić information content (AvgIpc) is 2.53. The molecule has 2 N–H and O–H groups in total. The lowest BCUT2D eigenvalue weighted by Crippen LogP contribution is -3.15. The fourth-order valence-electron chi connectivity index (χ4n) is 2.50. The molecule has 0 atom stereocenters. The summed E-state index contributed by atoms with van der Waals surface area (Å²) in [5.41, 5.74) is 0. The Hall–Kier alpha value is -1.72. The lowest BCUT2D eigenvalue weighted by Gasteiger charge is -2.31. The SMILES string of the molecule is O=C(C[NH+]1CCN(S(=O)(=O)c2ccccc2F)CC1)NCC(F)(F)F. The molecule has 6 nitrogen and oxygen atoms in total. The van der Waals surface area contributed by atoms with E-state index in [0.717, 1.165) is 10.4 Å². The van der Waals surface area contributed by atoms with Crippen molar-refractivity contribution < 1.29 is 35.7 Å². The van der Waals surface area contributed by atoms with Gasteiger partial charge in [-0.05, 0) is 12.1 Å². The first kappa shape index (κ1) is 19.6. The Bertz CT molecular complexity index is 716.